The summed E-state index contributed by atoms with van der Waals surface area (Å²) in [6.07, 6.45) is 2.35. The number of aryl methyl sites for hydroxylation is 1. The zero-order valence-electron chi connectivity index (χ0n) is 11.5. The maximum Gasteiger partial charge on any atom is 0.132 e. The zero-order valence-corrected chi connectivity index (χ0v) is 11.5. The van der Waals surface area contributed by atoms with Crippen LogP contribution in [0.25, 0.3) is 0 Å². The number of aromatic nitrogens is 2. The van der Waals surface area contributed by atoms with Gasteiger partial charge >= 0.3 is 0 Å². The van der Waals surface area contributed by atoms with Gasteiger partial charge in [-0.15, -0.1) is 0 Å². The van der Waals surface area contributed by atoms with Crippen molar-refractivity contribution < 1.29 is 0 Å². The Hall–Kier alpha value is -1.36. The molecule has 18 heavy (non-hydrogen) atoms. The third kappa shape index (κ3) is 3.57. The lowest BCUT2D eigenvalue weighted by atomic mass is 10.1. The van der Waals surface area contributed by atoms with Crippen LogP contribution in [0.1, 0.15) is 25.6 Å². The molecule has 1 aromatic rings. The van der Waals surface area contributed by atoms with Crippen LogP contribution in [-0.4, -0.2) is 47.6 Å². The highest BCUT2D eigenvalue weighted by Gasteiger charge is 2.16. The maximum absolute atomic E-state index is 4.45. The predicted molar refractivity (Wildman–Crippen MR) is 75.1 cm³/mol. The molecule has 1 aromatic heterocycles. The summed E-state index contributed by atoms with van der Waals surface area (Å²) in [5.41, 5.74) is 0. The highest BCUT2D eigenvalue weighted by Crippen LogP contribution is 2.16. The smallest absolute Gasteiger partial charge is 0.132 e. The molecule has 100 valence electrons. The number of piperidine rings is 1. The van der Waals surface area contributed by atoms with Gasteiger partial charge in [-0.05, 0) is 46.8 Å². The zero-order chi connectivity index (χ0) is 13.0. The van der Waals surface area contributed by atoms with E-state index in [0.29, 0.717) is 6.04 Å². The van der Waals surface area contributed by atoms with Crippen molar-refractivity contribution in [3.8, 4) is 0 Å². The van der Waals surface area contributed by atoms with Gasteiger partial charge in [-0.1, -0.05) is 0 Å². The first kappa shape index (κ1) is 13.1. The van der Waals surface area contributed by atoms with Crippen LogP contribution in [0.5, 0.6) is 0 Å². The van der Waals surface area contributed by atoms with Crippen molar-refractivity contribution in [1.29, 1.82) is 0 Å². The second kappa shape index (κ2) is 6.00. The van der Waals surface area contributed by atoms with Gasteiger partial charge < -0.3 is 15.5 Å². The Balaban J connectivity index is 2.00. The minimum atomic E-state index is 0.532. The second-order valence-electron chi connectivity index (χ2n) is 4.94. The van der Waals surface area contributed by atoms with E-state index in [9.17, 15) is 0 Å². The monoisotopic (exact) mass is 249 g/mol. The Morgan fingerprint density at radius 2 is 1.94 bits per heavy atom. The van der Waals surface area contributed by atoms with E-state index in [0.717, 1.165) is 37.1 Å². The van der Waals surface area contributed by atoms with Gasteiger partial charge in [0.2, 0.25) is 0 Å². The number of rotatable bonds is 4. The van der Waals surface area contributed by atoms with Gasteiger partial charge in [-0.25, -0.2) is 9.97 Å². The summed E-state index contributed by atoms with van der Waals surface area (Å²) in [5.74, 6) is 2.65. The first-order valence-electron chi connectivity index (χ1n) is 6.72. The molecule has 0 aliphatic carbocycles. The lowest BCUT2D eigenvalue weighted by molar-refractivity contribution is 0.263. The van der Waals surface area contributed by atoms with E-state index < -0.39 is 0 Å². The standard InChI is InChI=1S/C13H23N5/c1-4-14-12-9-13(16-10(2)15-12)17-11-5-7-18(3)8-6-11/h9,11H,4-8H2,1-3H3,(H2,14,15,16,17). The number of nitrogens with zero attached hydrogens (tertiary/aromatic N) is 3. The molecule has 2 rings (SSSR count). The number of likely N-dealkylation sites (tertiary alicyclic amines) is 1. The Labute approximate surface area is 109 Å². The SMILES string of the molecule is CCNc1cc(NC2CCN(C)CC2)nc(C)n1. The molecule has 0 aromatic carbocycles. The average molecular weight is 249 g/mol. The van der Waals surface area contributed by atoms with Gasteiger partial charge in [0.15, 0.2) is 0 Å². The molecule has 1 aliphatic rings. The van der Waals surface area contributed by atoms with Gasteiger partial charge in [0, 0.05) is 18.7 Å². The Morgan fingerprint density at radius 1 is 1.28 bits per heavy atom. The van der Waals surface area contributed by atoms with Crippen molar-refractivity contribution in [3.05, 3.63) is 11.9 Å². The van der Waals surface area contributed by atoms with Gasteiger partial charge in [-0.3, -0.25) is 0 Å². The lowest BCUT2D eigenvalue weighted by Crippen LogP contribution is -2.36. The normalized spacial score (nSPS) is 17.7. The summed E-state index contributed by atoms with van der Waals surface area (Å²) in [5, 5.41) is 6.76. The van der Waals surface area contributed by atoms with E-state index in [1.807, 2.05) is 13.0 Å². The summed E-state index contributed by atoms with van der Waals surface area (Å²) in [6.45, 7) is 7.19. The summed E-state index contributed by atoms with van der Waals surface area (Å²) < 4.78 is 0. The van der Waals surface area contributed by atoms with Crippen LogP contribution in [0.3, 0.4) is 0 Å². The van der Waals surface area contributed by atoms with E-state index >= 15 is 0 Å². The van der Waals surface area contributed by atoms with E-state index in [1.54, 1.807) is 0 Å². The molecule has 0 radical (unpaired) electrons. The summed E-state index contributed by atoms with van der Waals surface area (Å²) in [4.78, 5) is 11.2. The van der Waals surface area contributed by atoms with Gasteiger partial charge in [0.1, 0.15) is 17.5 Å². The van der Waals surface area contributed by atoms with Crippen molar-refractivity contribution in [2.24, 2.45) is 0 Å². The lowest BCUT2D eigenvalue weighted by Gasteiger charge is -2.29. The third-order valence-corrected chi connectivity index (χ3v) is 3.27. The molecule has 0 unspecified atom stereocenters. The molecular weight excluding hydrogens is 226 g/mol. The number of hydrogen-bond donors (Lipinski definition) is 2. The molecule has 0 amide bonds. The fourth-order valence-electron chi connectivity index (χ4n) is 2.28. The van der Waals surface area contributed by atoms with E-state index in [4.69, 9.17) is 0 Å². The summed E-state index contributed by atoms with van der Waals surface area (Å²) in [7, 11) is 2.17. The molecule has 0 atom stereocenters. The van der Waals surface area contributed by atoms with Gasteiger partial charge in [0.25, 0.3) is 0 Å². The van der Waals surface area contributed by atoms with Crippen LogP contribution in [0.2, 0.25) is 0 Å². The molecular formula is C13H23N5. The molecule has 0 saturated carbocycles. The average Bonchev–Trinajstić information content (AvgIpc) is 2.32. The number of nitrogens with one attached hydrogen (secondary N) is 2. The van der Waals surface area contributed by atoms with E-state index in [2.05, 4.69) is 39.5 Å². The van der Waals surface area contributed by atoms with Crippen LogP contribution >= 0.6 is 0 Å². The molecule has 1 saturated heterocycles. The molecule has 1 aliphatic heterocycles. The largest absolute Gasteiger partial charge is 0.370 e. The Kier molecular flexibility index (Phi) is 4.36. The molecule has 2 heterocycles. The van der Waals surface area contributed by atoms with Crippen LogP contribution < -0.4 is 10.6 Å². The van der Waals surface area contributed by atoms with Crippen molar-refractivity contribution in [3.63, 3.8) is 0 Å². The quantitative estimate of drug-likeness (QED) is 0.851. The van der Waals surface area contributed by atoms with Crippen LogP contribution in [0.4, 0.5) is 11.6 Å². The van der Waals surface area contributed by atoms with E-state index in [1.165, 1.54) is 12.8 Å². The van der Waals surface area contributed by atoms with Crippen molar-refractivity contribution >= 4 is 11.6 Å². The first-order chi connectivity index (χ1) is 8.67. The highest BCUT2D eigenvalue weighted by molar-refractivity contribution is 5.48. The Bertz CT molecular complexity index is 385. The molecule has 1 fully saturated rings. The topological polar surface area (TPSA) is 53.1 Å². The number of anilines is 2. The highest BCUT2D eigenvalue weighted by atomic mass is 15.1. The maximum atomic E-state index is 4.45. The van der Waals surface area contributed by atoms with Crippen LogP contribution in [0, 0.1) is 6.92 Å². The third-order valence-electron chi connectivity index (χ3n) is 3.27. The minimum Gasteiger partial charge on any atom is -0.370 e. The molecule has 5 nitrogen and oxygen atoms in total. The predicted octanol–water partition coefficient (Wildman–Crippen LogP) is 1.72. The van der Waals surface area contributed by atoms with Crippen molar-refractivity contribution in [1.82, 2.24) is 14.9 Å². The Morgan fingerprint density at radius 3 is 2.61 bits per heavy atom. The molecule has 2 N–H and O–H groups in total. The molecule has 0 spiro atoms. The number of hydrogen-bond acceptors (Lipinski definition) is 5. The first-order valence-corrected chi connectivity index (χ1v) is 6.72. The van der Waals surface area contributed by atoms with Crippen molar-refractivity contribution in [2.45, 2.75) is 32.7 Å². The molecule has 0 bridgehead atoms. The second-order valence-corrected chi connectivity index (χ2v) is 4.94. The van der Waals surface area contributed by atoms with Crippen LogP contribution in [-0.2, 0) is 0 Å². The fraction of sp³-hybridized carbons (Fsp3) is 0.692. The fourth-order valence-corrected chi connectivity index (χ4v) is 2.28. The molecule has 5 heteroatoms. The summed E-state index contributed by atoms with van der Waals surface area (Å²) in [6, 6.07) is 2.53. The van der Waals surface area contributed by atoms with Crippen molar-refractivity contribution in [2.75, 3.05) is 37.3 Å². The van der Waals surface area contributed by atoms with Crippen LogP contribution in [0.15, 0.2) is 6.07 Å². The summed E-state index contributed by atoms with van der Waals surface area (Å²) >= 11 is 0. The minimum absolute atomic E-state index is 0.532. The van der Waals surface area contributed by atoms with Gasteiger partial charge in [-0.2, -0.15) is 0 Å². The van der Waals surface area contributed by atoms with E-state index in [-0.39, 0.29) is 0 Å². The van der Waals surface area contributed by atoms with Gasteiger partial charge in [0.05, 0.1) is 0 Å².